The van der Waals surface area contributed by atoms with Crippen LogP contribution in [0.1, 0.15) is 17.5 Å². The minimum atomic E-state index is -0.455. The van der Waals surface area contributed by atoms with E-state index in [1.54, 1.807) is 0 Å². The van der Waals surface area contributed by atoms with E-state index in [4.69, 9.17) is 4.74 Å². The Hall–Kier alpha value is -0.710. The SMILES string of the molecule is Cc1ccc(C)c(OCC(O)CNCC2CCSC2)c1. The fourth-order valence-corrected chi connectivity index (χ4v) is 3.59. The van der Waals surface area contributed by atoms with Crippen LogP contribution in [0.3, 0.4) is 0 Å². The molecule has 1 aromatic rings. The summed E-state index contributed by atoms with van der Waals surface area (Å²) in [5.74, 6) is 4.18. The summed E-state index contributed by atoms with van der Waals surface area (Å²) in [4.78, 5) is 0. The highest BCUT2D eigenvalue weighted by atomic mass is 32.2. The van der Waals surface area contributed by atoms with Crippen LogP contribution in [0.4, 0.5) is 0 Å². The second-order valence-corrected chi connectivity index (χ2v) is 6.77. The standard InChI is InChI=1S/C16H25NO2S/c1-12-3-4-13(2)16(7-12)19-10-15(18)9-17-8-14-5-6-20-11-14/h3-4,7,14-15,17-18H,5-6,8-11H2,1-2H3. The molecule has 0 amide bonds. The van der Waals surface area contributed by atoms with E-state index in [0.717, 1.165) is 23.8 Å². The van der Waals surface area contributed by atoms with Gasteiger partial charge in [0.05, 0.1) is 0 Å². The van der Waals surface area contributed by atoms with Crippen molar-refractivity contribution in [3.63, 3.8) is 0 Å². The van der Waals surface area contributed by atoms with E-state index in [1.807, 2.05) is 37.7 Å². The Balaban J connectivity index is 1.66. The van der Waals surface area contributed by atoms with E-state index in [0.29, 0.717) is 13.2 Å². The predicted octanol–water partition coefficient (Wildman–Crippen LogP) is 2.39. The third kappa shape index (κ3) is 5.00. The molecule has 2 atom stereocenters. The molecule has 1 aromatic carbocycles. The lowest BCUT2D eigenvalue weighted by Crippen LogP contribution is -2.34. The molecule has 20 heavy (non-hydrogen) atoms. The highest BCUT2D eigenvalue weighted by molar-refractivity contribution is 7.99. The number of rotatable bonds is 7. The molecule has 3 nitrogen and oxygen atoms in total. The highest BCUT2D eigenvalue weighted by Gasteiger charge is 2.15. The van der Waals surface area contributed by atoms with Gasteiger partial charge in [0.1, 0.15) is 18.5 Å². The first-order chi connectivity index (χ1) is 9.65. The van der Waals surface area contributed by atoms with Gasteiger partial charge in [-0.3, -0.25) is 0 Å². The van der Waals surface area contributed by atoms with Crippen molar-refractivity contribution < 1.29 is 9.84 Å². The van der Waals surface area contributed by atoms with Crippen LogP contribution in [-0.2, 0) is 0 Å². The van der Waals surface area contributed by atoms with Gasteiger partial charge in [0, 0.05) is 6.54 Å². The van der Waals surface area contributed by atoms with Crippen molar-refractivity contribution in [2.75, 3.05) is 31.2 Å². The fraction of sp³-hybridized carbons (Fsp3) is 0.625. The molecule has 2 unspecified atom stereocenters. The van der Waals surface area contributed by atoms with E-state index in [1.165, 1.54) is 23.5 Å². The zero-order valence-electron chi connectivity index (χ0n) is 12.4. The van der Waals surface area contributed by atoms with Crippen LogP contribution in [0, 0.1) is 19.8 Å². The van der Waals surface area contributed by atoms with Gasteiger partial charge >= 0.3 is 0 Å². The average molecular weight is 295 g/mol. The number of aliphatic hydroxyl groups is 1. The number of benzene rings is 1. The van der Waals surface area contributed by atoms with Crippen LogP contribution in [0.2, 0.25) is 0 Å². The van der Waals surface area contributed by atoms with Gasteiger partial charge < -0.3 is 15.2 Å². The molecule has 1 fully saturated rings. The molecule has 1 aliphatic heterocycles. The van der Waals surface area contributed by atoms with Gasteiger partial charge in [-0.25, -0.2) is 0 Å². The van der Waals surface area contributed by atoms with Crippen molar-refractivity contribution in [2.24, 2.45) is 5.92 Å². The highest BCUT2D eigenvalue weighted by Crippen LogP contribution is 2.22. The summed E-state index contributed by atoms with van der Waals surface area (Å²) >= 11 is 2.02. The number of ether oxygens (including phenoxy) is 1. The van der Waals surface area contributed by atoms with Gasteiger partial charge in [0.2, 0.25) is 0 Å². The van der Waals surface area contributed by atoms with E-state index in [2.05, 4.69) is 11.4 Å². The van der Waals surface area contributed by atoms with E-state index < -0.39 is 6.10 Å². The maximum atomic E-state index is 9.95. The summed E-state index contributed by atoms with van der Waals surface area (Å²) in [6, 6.07) is 6.14. The molecular formula is C16H25NO2S. The molecule has 2 rings (SSSR count). The van der Waals surface area contributed by atoms with E-state index >= 15 is 0 Å². The van der Waals surface area contributed by atoms with Crippen molar-refractivity contribution in [1.82, 2.24) is 5.32 Å². The summed E-state index contributed by atoms with van der Waals surface area (Å²) in [5.41, 5.74) is 2.29. The molecule has 1 heterocycles. The van der Waals surface area contributed by atoms with E-state index in [-0.39, 0.29) is 0 Å². The lowest BCUT2D eigenvalue weighted by Gasteiger charge is -2.16. The van der Waals surface area contributed by atoms with Crippen molar-refractivity contribution >= 4 is 11.8 Å². The zero-order valence-corrected chi connectivity index (χ0v) is 13.2. The van der Waals surface area contributed by atoms with Gasteiger partial charge in [0.15, 0.2) is 0 Å². The molecule has 0 radical (unpaired) electrons. The Morgan fingerprint density at radius 3 is 3.05 bits per heavy atom. The number of thioether (sulfide) groups is 1. The minimum Gasteiger partial charge on any atom is -0.491 e. The Morgan fingerprint density at radius 1 is 1.45 bits per heavy atom. The number of nitrogens with one attached hydrogen (secondary N) is 1. The van der Waals surface area contributed by atoms with Gasteiger partial charge in [-0.2, -0.15) is 11.8 Å². The maximum Gasteiger partial charge on any atom is 0.122 e. The zero-order chi connectivity index (χ0) is 14.4. The summed E-state index contributed by atoms with van der Waals surface area (Å²) in [6.07, 6.45) is 0.844. The van der Waals surface area contributed by atoms with Gasteiger partial charge in [-0.05, 0) is 61.4 Å². The van der Waals surface area contributed by atoms with Crippen LogP contribution >= 0.6 is 11.8 Å². The Kier molecular flexibility index (Phi) is 6.20. The Bertz CT molecular complexity index is 419. The van der Waals surface area contributed by atoms with Gasteiger partial charge in [0.25, 0.3) is 0 Å². The second kappa shape index (κ2) is 7.91. The summed E-state index contributed by atoms with van der Waals surface area (Å²) in [7, 11) is 0. The number of aliphatic hydroxyl groups excluding tert-OH is 1. The molecule has 1 aliphatic rings. The summed E-state index contributed by atoms with van der Waals surface area (Å²) in [6.45, 7) is 6.03. The smallest absolute Gasteiger partial charge is 0.122 e. The van der Waals surface area contributed by atoms with Crippen molar-refractivity contribution in [2.45, 2.75) is 26.4 Å². The quantitative estimate of drug-likeness (QED) is 0.810. The van der Waals surface area contributed by atoms with Crippen LogP contribution in [0.25, 0.3) is 0 Å². The predicted molar refractivity (Wildman–Crippen MR) is 85.7 cm³/mol. The molecule has 4 heteroatoms. The number of hydrogen-bond donors (Lipinski definition) is 2. The average Bonchev–Trinajstić information content (AvgIpc) is 2.93. The van der Waals surface area contributed by atoms with Crippen LogP contribution in [0.5, 0.6) is 5.75 Å². The monoisotopic (exact) mass is 295 g/mol. The van der Waals surface area contributed by atoms with Gasteiger partial charge in [-0.15, -0.1) is 0 Å². The van der Waals surface area contributed by atoms with Crippen molar-refractivity contribution in [1.29, 1.82) is 0 Å². The summed E-state index contributed by atoms with van der Waals surface area (Å²) < 4.78 is 5.71. The lowest BCUT2D eigenvalue weighted by molar-refractivity contribution is 0.105. The molecule has 1 saturated heterocycles. The molecule has 0 bridgehead atoms. The first-order valence-electron chi connectivity index (χ1n) is 7.31. The van der Waals surface area contributed by atoms with Crippen LogP contribution < -0.4 is 10.1 Å². The van der Waals surface area contributed by atoms with E-state index in [9.17, 15) is 5.11 Å². The Labute approximate surface area is 126 Å². The molecular weight excluding hydrogens is 270 g/mol. The first-order valence-corrected chi connectivity index (χ1v) is 8.47. The molecule has 2 N–H and O–H groups in total. The molecule has 0 aliphatic carbocycles. The third-order valence-corrected chi connectivity index (χ3v) is 4.84. The lowest BCUT2D eigenvalue weighted by atomic mass is 10.1. The minimum absolute atomic E-state index is 0.344. The van der Waals surface area contributed by atoms with Gasteiger partial charge in [-0.1, -0.05) is 12.1 Å². The van der Waals surface area contributed by atoms with Crippen molar-refractivity contribution in [3.05, 3.63) is 29.3 Å². The van der Waals surface area contributed by atoms with Crippen LogP contribution in [-0.4, -0.2) is 42.4 Å². The summed E-state index contributed by atoms with van der Waals surface area (Å²) in [5, 5.41) is 13.3. The molecule has 0 saturated carbocycles. The number of aryl methyl sites for hydroxylation is 2. The van der Waals surface area contributed by atoms with Crippen LogP contribution in [0.15, 0.2) is 18.2 Å². The topological polar surface area (TPSA) is 41.5 Å². The largest absolute Gasteiger partial charge is 0.491 e. The maximum absolute atomic E-state index is 9.95. The van der Waals surface area contributed by atoms with Crippen molar-refractivity contribution in [3.8, 4) is 5.75 Å². The number of hydrogen-bond acceptors (Lipinski definition) is 4. The molecule has 0 spiro atoms. The third-order valence-electron chi connectivity index (χ3n) is 3.61. The molecule has 0 aromatic heterocycles. The second-order valence-electron chi connectivity index (χ2n) is 5.62. The Morgan fingerprint density at radius 2 is 2.30 bits per heavy atom. The first kappa shape index (κ1) is 15.7. The normalized spacial score (nSPS) is 20.1. The fourth-order valence-electron chi connectivity index (χ4n) is 2.31. The molecule has 112 valence electrons.